The van der Waals surface area contributed by atoms with Crippen molar-refractivity contribution in [1.29, 1.82) is 0 Å². The van der Waals surface area contributed by atoms with Crippen LogP contribution in [0.1, 0.15) is 6.92 Å². The molecule has 0 fully saturated rings. The van der Waals surface area contributed by atoms with Crippen LogP contribution >= 0.6 is 0 Å². The van der Waals surface area contributed by atoms with Crippen molar-refractivity contribution in [2.75, 3.05) is 6.61 Å². The molecular weight excluding hydrogens is 450 g/mol. The molecule has 0 amide bonds. The fourth-order valence-electron chi connectivity index (χ4n) is 3.74. The van der Waals surface area contributed by atoms with E-state index in [1.165, 1.54) is 0 Å². The first-order chi connectivity index (χ1) is 14.4. The van der Waals surface area contributed by atoms with Gasteiger partial charge in [-0.15, -0.1) is 0 Å². The molecule has 2 nitrogen and oxygen atoms in total. The molecule has 0 N–H and O–H groups in total. The summed E-state index contributed by atoms with van der Waals surface area (Å²) >= 11 is -4.58. The van der Waals surface area contributed by atoms with Gasteiger partial charge in [-0.05, 0) is 0 Å². The van der Waals surface area contributed by atoms with Gasteiger partial charge < -0.3 is 0 Å². The van der Waals surface area contributed by atoms with Crippen LogP contribution in [0.25, 0.3) is 0 Å². The standard InChI is InChI=1S/C24H21F3GeO2/c1-2-30-23(29)18-22(24(25,26)27)28(19-12-6-3-7-13-19,20-14-8-4-9-15-20)21-16-10-5-11-17-21/h3-18H,2H2,1H3/b22-18-. The van der Waals surface area contributed by atoms with Crippen LogP contribution < -0.4 is 13.2 Å². The van der Waals surface area contributed by atoms with Crippen LogP contribution in [0.2, 0.25) is 0 Å². The molecule has 0 heterocycles. The van der Waals surface area contributed by atoms with Crippen LogP contribution in [-0.2, 0) is 9.53 Å². The molecule has 0 unspecified atom stereocenters. The Balaban J connectivity index is 2.48. The first-order valence-corrected chi connectivity index (χ1v) is 13.7. The number of esters is 1. The normalized spacial score (nSPS) is 12.5. The Hall–Kier alpha value is -2.80. The van der Waals surface area contributed by atoms with Crippen LogP contribution in [0, 0.1) is 0 Å². The predicted molar refractivity (Wildman–Crippen MR) is 115 cm³/mol. The zero-order valence-corrected chi connectivity index (χ0v) is 18.5. The Labute approximate surface area is 176 Å². The SMILES string of the molecule is CCOC(=O)/C=[C](/C(F)(F)F)[Ge]([c]1ccccc1)([c]1ccccc1)[c]1ccccc1. The van der Waals surface area contributed by atoms with Crippen molar-refractivity contribution < 1.29 is 22.7 Å². The van der Waals surface area contributed by atoms with E-state index in [1.54, 1.807) is 97.9 Å². The van der Waals surface area contributed by atoms with Gasteiger partial charge in [0.2, 0.25) is 0 Å². The molecule has 0 radical (unpaired) electrons. The van der Waals surface area contributed by atoms with E-state index in [1.807, 2.05) is 0 Å². The fraction of sp³-hybridized carbons (Fsp3) is 0.125. The molecule has 0 aliphatic rings. The van der Waals surface area contributed by atoms with Crippen LogP contribution in [0.15, 0.2) is 101 Å². The van der Waals surface area contributed by atoms with Gasteiger partial charge in [0.05, 0.1) is 0 Å². The number of hydrogen-bond acceptors (Lipinski definition) is 2. The molecule has 3 aromatic carbocycles. The van der Waals surface area contributed by atoms with Crippen molar-refractivity contribution in [3.05, 3.63) is 101 Å². The topological polar surface area (TPSA) is 26.3 Å². The summed E-state index contributed by atoms with van der Waals surface area (Å²) in [5, 5.41) is 0. The van der Waals surface area contributed by atoms with Crippen LogP contribution in [0.5, 0.6) is 0 Å². The number of alkyl halides is 3. The average molecular weight is 471 g/mol. The van der Waals surface area contributed by atoms with Gasteiger partial charge >= 0.3 is 176 Å². The first kappa shape index (κ1) is 21.9. The number of hydrogen-bond donors (Lipinski definition) is 0. The zero-order chi connectivity index (χ0) is 21.6. The summed E-state index contributed by atoms with van der Waals surface area (Å²) in [6.45, 7) is 1.57. The first-order valence-electron chi connectivity index (χ1n) is 9.53. The van der Waals surface area contributed by atoms with E-state index in [0.29, 0.717) is 19.3 Å². The van der Waals surface area contributed by atoms with Crippen molar-refractivity contribution in [3.8, 4) is 0 Å². The molecule has 30 heavy (non-hydrogen) atoms. The predicted octanol–water partition coefficient (Wildman–Crippen LogP) is 3.75. The zero-order valence-electron chi connectivity index (χ0n) is 16.4. The van der Waals surface area contributed by atoms with E-state index in [-0.39, 0.29) is 6.61 Å². The molecule has 0 aliphatic carbocycles. The molecule has 6 heteroatoms. The van der Waals surface area contributed by atoms with Gasteiger partial charge in [-0.25, -0.2) is 0 Å². The Morgan fingerprint density at radius 1 is 0.800 bits per heavy atom. The molecule has 0 spiro atoms. The van der Waals surface area contributed by atoms with Crippen molar-refractivity contribution in [1.82, 2.24) is 0 Å². The molecular formula is C24H21F3GeO2. The molecule has 0 aromatic heterocycles. The quantitative estimate of drug-likeness (QED) is 0.311. The van der Waals surface area contributed by atoms with Crippen LogP contribution in [-0.4, -0.2) is 32.0 Å². The minimum absolute atomic E-state index is 0.00246. The number of allylic oxidation sites excluding steroid dienone is 1. The fourth-order valence-corrected chi connectivity index (χ4v) is 13.7. The monoisotopic (exact) mass is 472 g/mol. The van der Waals surface area contributed by atoms with Gasteiger partial charge in [0.1, 0.15) is 0 Å². The molecule has 0 saturated carbocycles. The van der Waals surface area contributed by atoms with Crippen LogP contribution in [0.3, 0.4) is 0 Å². The van der Waals surface area contributed by atoms with Crippen LogP contribution in [0.4, 0.5) is 13.2 Å². The third kappa shape index (κ3) is 4.36. The Morgan fingerprint density at radius 2 is 1.17 bits per heavy atom. The number of ether oxygens (including phenoxy) is 1. The van der Waals surface area contributed by atoms with Crippen molar-refractivity contribution in [2.24, 2.45) is 0 Å². The minimum atomic E-state index is -4.71. The summed E-state index contributed by atoms with van der Waals surface area (Å²) < 4.78 is 49.8. The van der Waals surface area contributed by atoms with Crippen molar-refractivity contribution in [3.63, 3.8) is 0 Å². The molecule has 0 atom stereocenters. The maximum atomic E-state index is 14.6. The third-order valence-corrected chi connectivity index (χ3v) is 15.0. The van der Waals surface area contributed by atoms with E-state index in [0.717, 1.165) is 0 Å². The second-order valence-corrected chi connectivity index (χ2v) is 14.6. The Kier molecular flexibility index (Phi) is 6.82. The molecule has 3 aromatic rings. The number of rotatable bonds is 6. The summed E-state index contributed by atoms with van der Waals surface area (Å²) in [4.78, 5) is 12.3. The average Bonchev–Trinajstić information content (AvgIpc) is 2.75. The number of benzene rings is 3. The van der Waals surface area contributed by atoms with Gasteiger partial charge in [-0.3, -0.25) is 0 Å². The summed E-state index contributed by atoms with van der Waals surface area (Å²) in [7, 11) is 0. The maximum absolute atomic E-state index is 14.6. The van der Waals surface area contributed by atoms with Gasteiger partial charge in [0.25, 0.3) is 0 Å². The third-order valence-electron chi connectivity index (χ3n) is 4.88. The van der Waals surface area contributed by atoms with Crippen molar-refractivity contribution in [2.45, 2.75) is 13.1 Å². The summed E-state index contributed by atoms with van der Waals surface area (Å²) in [6, 6.07) is 26.1. The number of halogens is 3. The molecule has 154 valence electrons. The van der Waals surface area contributed by atoms with E-state index in [9.17, 15) is 18.0 Å². The number of carbonyl (C=O) groups is 1. The summed E-state index contributed by atoms with van der Waals surface area (Å²) in [5.41, 5.74) is 0. The van der Waals surface area contributed by atoms with E-state index in [4.69, 9.17) is 4.74 Å². The second kappa shape index (κ2) is 9.34. The van der Waals surface area contributed by atoms with E-state index >= 15 is 0 Å². The molecule has 3 rings (SSSR count). The van der Waals surface area contributed by atoms with Gasteiger partial charge in [0, 0.05) is 0 Å². The Bertz CT molecular complexity index is 904. The number of carbonyl (C=O) groups excluding carboxylic acids is 1. The molecule has 0 bridgehead atoms. The second-order valence-electron chi connectivity index (χ2n) is 6.66. The summed E-state index contributed by atoms with van der Waals surface area (Å²) in [6.07, 6.45) is -4.05. The van der Waals surface area contributed by atoms with Gasteiger partial charge in [0.15, 0.2) is 0 Å². The van der Waals surface area contributed by atoms with Gasteiger partial charge in [-0.2, -0.15) is 0 Å². The van der Waals surface area contributed by atoms with E-state index in [2.05, 4.69) is 0 Å². The van der Waals surface area contributed by atoms with Crippen molar-refractivity contribution >= 4 is 32.4 Å². The van der Waals surface area contributed by atoms with Gasteiger partial charge in [-0.1, -0.05) is 0 Å². The van der Waals surface area contributed by atoms with E-state index < -0.39 is 29.8 Å². The molecule has 0 aliphatic heterocycles. The summed E-state index contributed by atoms with van der Waals surface area (Å²) in [5.74, 6) is -0.984. The molecule has 0 saturated heterocycles. The Morgan fingerprint density at radius 3 is 1.47 bits per heavy atom.